The zero-order chi connectivity index (χ0) is 25.7. The van der Waals surface area contributed by atoms with E-state index in [0.717, 1.165) is 51.4 Å². The van der Waals surface area contributed by atoms with Gasteiger partial charge in [0.2, 0.25) is 0 Å². The molecule has 35 heavy (non-hydrogen) atoms. The van der Waals surface area contributed by atoms with Crippen LogP contribution in [-0.4, -0.2) is 49.9 Å². The van der Waals surface area contributed by atoms with Gasteiger partial charge in [0.15, 0.2) is 0 Å². The zero-order valence-corrected chi connectivity index (χ0v) is 22.1. The Balaban J connectivity index is 2.23. The second-order valence-electron chi connectivity index (χ2n) is 9.60. The molecule has 2 rings (SSSR count). The smallest absolute Gasteiger partial charge is 0.337 e. The van der Waals surface area contributed by atoms with E-state index in [9.17, 15) is 14.4 Å². The van der Waals surface area contributed by atoms with Crippen LogP contribution in [0.4, 0.5) is 0 Å². The molecule has 7 heteroatoms. The number of fused-ring (bicyclic) bond motifs is 2. The Bertz CT molecular complexity index is 784. The molecule has 0 aliphatic carbocycles. The van der Waals surface area contributed by atoms with E-state index in [1.54, 1.807) is 6.08 Å². The van der Waals surface area contributed by atoms with Gasteiger partial charge in [0, 0.05) is 6.42 Å². The summed E-state index contributed by atoms with van der Waals surface area (Å²) < 4.78 is 22.0. The quantitative estimate of drug-likeness (QED) is 0.104. The minimum absolute atomic E-state index is 0.0496. The molecule has 0 saturated heterocycles. The lowest BCUT2D eigenvalue weighted by Gasteiger charge is -2.27. The molecule has 2 aliphatic rings. The fraction of sp³-hybridized carbons (Fsp3) is 0.750. The van der Waals surface area contributed by atoms with Gasteiger partial charge in [-0.1, -0.05) is 71.6 Å². The Morgan fingerprint density at radius 3 is 1.86 bits per heavy atom. The van der Waals surface area contributed by atoms with Gasteiger partial charge in [0.25, 0.3) is 0 Å². The third-order valence-electron chi connectivity index (χ3n) is 6.99. The molecule has 0 aromatic carbocycles. The molecule has 0 radical (unpaired) electrons. The van der Waals surface area contributed by atoms with Gasteiger partial charge in [-0.05, 0) is 37.8 Å². The minimum Gasteiger partial charge on any atom is -0.469 e. The monoisotopic (exact) mass is 492 g/mol. The summed E-state index contributed by atoms with van der Waals surface area (Å²) in [7, 11) is 2.61. The second kappa shape index (κ2) is 14.4. The van der Waals surface area contributed by atoms with Crippen molar-refractivity contribution in [3.05, 3.63) is 23.3 Å². The van der Waals surface area contributed by atoms with Gasteiger partial charge >= 0.3 is 17.9 Å². The summed E-state index contributed by atoms with van der Waals surface area (Å²) >= 11 is 0. The van der Waals surface area contributed by atoms with Crippen LogP contribution in [-0.2, 0) is 33.3 Å². The van der Waals surface area contributed by atoms with Crippen molar-refractivity contribution in [2.24, 2.45) is 0 Å². The summed E-state index contributed by atoms with van der Waals surface area (Å²) in [5.74, 6) is -1.56. The molecule has 2 aliphatic heterocycles. The first kappa shape index (κ1) is 29.1. The Kier molecular flexibility index (Phi) is 12.0. The summed E-state index contributed by atoms with van der Waals surface area (Å²) in [6.07, 6.45) is 16.2. The summed E-state index contributed by atoms with van der Waals surface area (Å²) in [4.78, 5) is 38.2. The normalized spacial score (nSPS) is 22.5. The summed E-state index contributed by atoms with van der Waals surface area (Å²) in [5, 5.41) is 0. The van der Waals surface area contributed by atoms with Gasteiger partial charge < -0.3 is 18.9 Å². The molecule has 0 N–H and O–H groups in total. The van der Waals surface area contributed by atoms with E-state index in [-0.39, 0.29) is 24.0 Å². The molecule has 0 aromatic heterocycles. The van der Waals surface area contributed by atoms with Crippen molar-refractivity contribution in [2.45, 2.75) is 115 Å². The van der Waals surface area contributed by atoms with Crippen molar-refractivity contribution >= 4 is 17.9 Å². The third kappa shape index (κ3) is 7.42. The summed E-state index contributed by atoms with van der Waals surface area (Å²) in [5.41, 5.74) is -1.84. The van der Waals surface area contributed by atoms with Crippen LogP contribution in [0.25, 0.3) is 0 Å². The second-order valence-corrected chi connectivity index (χ2v) is 9.60. The minimum atomic E-state index is -1.20. The maximum atomic E-state index is 13.4. The van der Waals surface area contributed by atoms with Crippen LogP contribution < -0.4 is 0 Å². The van der Waals surface area contributed by atoms with E-state index < -0.39 is 29.1 Å². The Morgan fingerprint density at radius 2 is 1.26 bits per heavy atom. The number of ether oxygens (including phenoxy) is 4. The molecule has 7 nitrogen and oxygen atoms in total. The molecule has 2 bridgehead atoms. The van der Waals surface area contributed by atoms with E-state index in [0.29, 0.717) is 13.0 Å². The maximum Gasteiger partial charge on any atom is 0.337 e. The predicted molar refractivity (Wildman–Crippen MR) is 134 cm³/mol. The number of hydrogen-bond acceptors (Lipinski definition) is 7. The highest BCUT2D eigenvalue weighted by atomic mass is 16.6. The summed E-state index contributed by atoms with van der Waals surface area (Å²) in [6, 6.07) is 0. The van der Waals surface area contributed by atoms with E-state index in [1.165, 1.54) is 33.5 Å². The van der Waals surface area contributed by atoms with Crippen molar-refractivity contribution in [2.75, 3.05) is 20.8 Å². The zero-order valence-electron chi connectivity index (χ0n) is 22.1. The van der Waals surface area contributed by atoms with Crippen molar-refractivity contribution in [1.29, 1.82) is 0 Å². The number of hydrogen-bond donors (Lipinski definition) is 0. The van der Waals surface area contributed by atoms with Crippen LogP contribution in [0.1, 0.15) is 104 Å². The molecule has 2 heterocycles. The van der Waals surface area contributed by atoms with Crippen molar-refractivity contribution in [3.63, 3.8) is 0 Å². The average molecular weight is 493 g/mol. The van der Waals surface area contributed by atoms with Gasteiger partial charge in [0.1, 0.15) is 11.2 Å². The lowest BCUT2D eigenvalue weighted by Crippen LogP contribution is -2.33. The molecule has 0 spiro atoms. The first-order valence-corrected chi connectivity index (χ1v) is 13.4. The van der Waals surface area contributed by atoms with Gasteiger partial charge in [-0.25, -0.2) is 9.59 Å². The highest BCUT2D eigenvalue weighted by molar-refractivity contribution is 6.06. The largest absolute Gasteiger partial charge is 0.469 e. The van der Waals surface area contributed by atoms with Gasteiger partial charge in [-0.2, -0.15) is 0 Å². The van der Waals surface area contributed by atoms with Crippen LogP contribution in [0.5, 0.6) is 0 Å². The van der Waals surface area contributed by atoms with Gasteiger partial charge in [0.05, 0.1) is 32.0 Å². The Hall–Kier alpha value is -2.15. The van der Waals surface area contributed by atoms with Crippen LogP contribution in [0.3, 0.4) is 0 Å². The number of carbonyl (C=O) groups excluding carboxylic acids is 3. The van der Waals surface area contributed by atoms with E-state index in [1.807, 2.05) is 6.08 Å². The lowest BCUT2D eigenvalue weighted by molar-refractivity contribution is -0.144. The number of rotatable bonds is 18. The number of carbonyl (C=O) groups is 3. The first-order chi connectivity index (χ1) is 16.9. The van der Waals surface area contributed by atoms with Crippen LogP contribution in [0.2, 0.25) is 0 Å². The Labute approximate surface area is 210 Å². The number of methoxy groups -OCH3 is 2. The van der Waals surface area contributed by atoms with Crippen molar-refractivity contribution < 1.29 is 33.3 Å². The van der Waals surface area contributed by atoms with Gasteiger partial charge in [-0.15, -0.1) is 0 Å². The topological polar surface area (TPSA) is 88.1 Å². The van der Waals surface area contributed by atoms with Gasteiger partial charge in [-0.3, -0.25) is 4.79 Å². The van der Waals surface area contributed by atoms with Crippen LogP contribution in [0.15, 0.2) is 23.3 Å². The molecular weight excluding hydrogens is 448 g/mol. The lowest BCUT2D eigenvalue weighted by atomic mass is 9.77. The first-order valence-electron chi connectivity index (χ1n) is 13.4. The SMILES string of the molecule is CCCCCCCCOC(=O)C1=C(C(=O)OC)C2(CCC(=O)OC)C=CC1(CCCCCCC)O2. The van der Waals surface area contributed by atoms with Crippen LogP contribution in [0, 0.1) is 0 Å². The fourth-order valence-electron chi connectivity index (χ4n) is 5.03. The molecule has 2 unspecified atom stereocenters. The van der Waals surface area contributed by atoms with E-state index in [2.05, 4.69) is 13.8 Å². The number of unbranched alkanes of at least 4 members (excludes halogenated alkanes) is 9. The van der Waals surface area contributed by atoms with Crippen molar-refractivity contribution in [3.8, 4) is 0 Å². The van der Waals surface area contributed by atoms with E-state index >= 15 is 0 Å². The molecule has 0 fully saturated rings. The average Bonchev–Trinajstić information content (AvgIpc) is 3.38. The maximum absolute atomic E-state index is 13.4. The molecular formula is C28H44O7. The molecule has 198 valence electrons. The standard InChI is InChI=1S/C28H44O7/c1-5-7-9-11-13-15-21-34-26(31)24-23(25(30)33-4)28(18-16-22(29)32-3)20-19-27(24,35-28)17-14-12-10-8-6-2/h19-20H,5-18,21H2,1-4H3. The van der Waals surface area contributed by atoms with Crippen LogP contribution >= 0.6 is 0 Å². The molecule has 0 saturated carbocycles. The molecule has 0 amide bonds. The number of esters is 3. The van der Waals surface area contributed by atoms with E-state index in [4.69, 9.17) is 18.9 Å². The highest BCUT2D eigenvalue weighted by Crippen LogP contribution is 2.54. The van der Waals surface area contributed by atoms with Crippen molar-refractivity contribution in [1.82, 2.24) is 0 Å². The molecule has 0 aromatic rings. The summed E-state index contributed by atoms with van der Waals surface area (Å²) in [6.45, 7) is 4.64. The Morgan fingerprint density at radius 1 is 0.714 bits per heavy atom. The fourth-order valence-corrected chi connectivity index (χ4v) is 5.03. The highest BCUT2D eigenvalue weighted by Gasteiger charge is 2.61. The third-order valence-corrected chi connectivity index (χ3v) is 6.99. The predicted octanol–water partition coefficient (Wildman–Crippen LogP) is 5.75. The molecule has 2 atom stereocenters.